The van der Waals surface area contributed by atoms with Crippen molar-refractivity contribution in [2.24, 2.45) is 0 Å². The molecule has 64 valence electrons. The quantitative estimate of drug-likeness (QED) is 0.422. The Morgan fingerprint density at radius 3 is 2.55 bits per heavy atom. The average Bonchev–Trinajstić information content (AvgIpc) is 2.02. The molecule has 0 fully saturated rings. The Morgan fingerprint density at radius 1 is 1.82 bits per heavy atom. The van der Waals surface area contributed by atoms with Gasteiger partial charge in [0.25, 0.3) is 0 Å². The molecule has 0 aliphatic heterocycles. The fraction of sp³-hybridized carbons (Fsp3) is 0.429. The Balaban J connectivity index is 0. The van der Waals surface area contributed by atoms with Crippen LogP contribution in [0, 0.1) is 6.58 Å². The third-order valence-corrected chi connectivity index (χ3v) is 1.71. The molecule has 0 heterocycles. The second kappa shape index (κ2) is 13.7. The summed E-state index contributed by atoms with van der Waals surface area (Å²) in [6, 6.07) is 0. The molecule has 0 aromatic heterocycles. The molecule has 0 radical (unpaired) electrons. The van der Waals surface area contributed by atoms with Crippen molar-refractivity contribution < 1.29 is 38.7 Å². The standard InChI is InChI=1S/C6H10N.CHS.2W/c1-3-5-7-6-4-2;1-2;;/h1,3,7H,4,6H2,2H3;2H;;/q2*-1;;. The zero-order valence-electron chi connectivity index (χ0n) is 6.33. The fourth-order valence-corrected chi connectivity index (χ4v) is 0.674. The van der Waals surface area contributed by atoms with E-state index in [1.807, 2.05) is 0 Å². The SMILES string of the molecule is S[C-]=[W].[CH-]=C[C](=[W])NCCC. The normalized spacial score (nSPS) is 7.45. The van der Waals surface area contributed by atoms with Crippen LogP contribution in [-0.2, 0) is 38.7 Å². The molecule has 1 N–H and O–H groups in total. The molecule has 4 heteroatoms. The fourth-order valence-electron chi connectivity index (χ4n) is 0.307. The van der Waals surface area contributed by atoms with Crippen LogP contribution in [0.15, 0.2) is 6.08 Å². The predicted octanol–water partition coefficient (Wildman–Crippen LogP) is 0.752. The summed E-state index contributed by atoms with van der Waals surface area (Å²) in [5.74, 6) is 0. The first-order valence-electron chi connectivity index (χ1n) is 3.06. The van der Waals surface area contributed by atoms with Gasteiger partial charge in [0.1, 0.15) is 0 Å². The molecule has 0 aliphatic rings. The Hall–Kier alpha value is 1.17. The second-order valence-electron chi connectivity index (χ2n) is 1.55. The van der Waals surface area contributed by atoms with Crippen LogP contribution in [0.2, 0.25) is 0 Å². The summed E-state index contributed by atoms with van der Waals surface area (Å²) < 4.78 is 3.66. The monoisotopic (exact) mass is 509 g/mol. The first-order valence-corrected chi connectivity index (χ1v) is 6.45. The van der Waals surface area contributed by atoms with E-state index in [4.69, 9.17) is 6.58 Å². The molecule has 0 aliphatic carbocycles. The third kappa shape index (κ3) is 18.3. The summed E-state index contributed by atoms with van der Waals surface area (Å²) in [7, 11) is 0. The van der Waals surface area contributed by atoms with Gasteiger partial charge < -0.3 is 0 Å². The number of rotatable bonds is 4. The molecule has 0 atom stereocenters. The molecule has 0 spiro atoms. The third-order valence-electron chi connectivity index (χ3n) is 0.701. The molecule has 0 aromatic rings. The van der Waals surface area contributed by atoms with Crippen LogP contribution in [0.4, 0.5) is 0 Å². The van der Waals surface area contributed by atoms with E-state index < -0.39 is 0 Å². The predicted molar refractivity (Wildman–Crippen MR) is 46.2 cm³/mol. The van der Waals surface area contributed by atoms with Crippen LogP contribution < -0.4 is 5.32 Å². The minimum absolute atomic E-state index is 1.03. The van der Waals surface area contributed by atoms with Crippen molar-refractivity contribution in [2.75, 3.05) is 6.54 Å². The van der Waals surface area contributed by atoms with E-state index in [9.17, 15) is 0 Å². The van der Waals surface area contributed by atoms with Crippen LogP contribution in [0.3, 0.4) is 0 Å². The maximum absolute atomic E-state index is 5.21. The van der Waals surface area contributed by atoms with Crippen molar-refractivity contribution in [3.05, 3.63) is 12.7 Å². The molecular formula is C7H11NSW2-2. The zero-order chi connectivity index (χ0) is 9.11. The zero-order valence-corrected chi connectivity index (χ0v) is 13.1. The molecule has 0 aromatic carbocycles. The van der Waals surface area contributed by atoms with Crippen molar-refractivity contribution >= 4 is 20.4 Å². The molecule has 0 bridgehead atoms. The molecular weight excluding hydrogens is 498 g/mol. The van der Waals surface area contributed by atoms with Crippen LogP contribution in [0.5, 0.6) is 0 Å². The summed E-state index contributed by atoms with van der Waals surface area (Å²) in [6.07, 6.45) is 2.77. The van der Waals surface area contributed by atoms with Crippen molar-refractivity contribution in [1.82, 2.24) is 5.32 Å². The van der Waals surface area contributed by atoms with Crippen molar-refractivity contribution in [2.45, 2.75) is 13.3 Å². The Morgan fingerprint density at radius 2 is 2.27 bits per heavy atom. The van der Waals surface area contributed by atoms with Crippen LogP contribution >= 0.6 is 12.6 Å². The van der Waals surface area contributed by atoms with Crippen LogP contribution in [0.25, 0.3) is 0 Å². The summed E-state index contributed by atoms with van der Waals surface area (Å²) in [5, 5.41) is 3.16. The summed E-state index contributed by atoms with van der Waals surface area (Å²) in [5.41, 5.74) is 0. The maximum atomic E-state index is 5.21. The van der Waals surface area contributed by atoms with Gasteiger partial charge in [-0.3, -0.25) is 0 Å². The molecule has 0 rings (SSSR count). The average molecular weight is 509 g/mol. The molecule has 0 amide bonds. The van der Waals surface area contributed by atoms with E-state index >= 15 is 0 Å². The van der Waals surface area contributed by atoms with Gasteiger partial charge in [-0.15, -0.1) is 0 Å². The van der Waals surface area contributed by atoms with Gasteiger partial charge in [-0.1, -0.05) is 0 Å². The molecule has 0 unspecified atom stereocenters. The topological polar surface area (TPSA) is 12.0 Å². The van der Waals surface area contributed by atoms with E-state index in [-0.39, 0.29) is 0 Å². The number of hydrogen-bond donors (Lipinski definition) is 2. The van der Waals surface area contributed by atoms with Gasteiger partial charge in [-0.05, 0) is 0 Å². The Kier molecular flexibility index (Phi) is 18.3. The minimum atomic E-state index is 1.03. The number of hydrogen-bond acceptors (Lipinski definition) is 2. The first kappa shape index (κ1) is 14.7. The van der Waals surface area contributed by atoms with Gasteiger partial charge in [0.05, 0.1) is 0 Å². The molecule has 1 nitrogen and oxygen atoms in total. The molecule has 11 heavy (non-hydrogen) atoms. The van der Waals surface area contributed by atoms with Crippen molar-refractivity contribution in [1.29, 1.82) is 0 Å². The second-order valence-corrected chi connectivity index (χ2v) is 5.28. The van der Waals surface area contributed by atoms with Crippen molar-refractivity contribution in [3.8, 4) is 0 Å². The van der Waals surface area contributed by atoms with E-state index in [0.717, 1.165) is 17.0 Å². The van der Waals surface area contributed by atoms with E-state index in [1.54, 1.807) is 6.08 Å². The Labute approximate surface area is 96.3 Å². The molecule has 0 saturated carbocycles. The Bertz CT molecular complexity index is 126. The summed E-state index contributed by atoms with van der Waals surface area (Å²) in [4.78, 5) is 0. The van der Waals surface area contributed by atoms with Gasteiger partial charge in [0.15, 0.2) is 0 Å². The van der Waals surface area contributed by atoms with Crippen LogP contribution in [0.1, 0.15) is 13.3 Å². The van der Waals surface area contributed by atoms with Gasteiger partial charge in [-0.2, -0.15) is 0 Å². The number of nitrogens with one attached hydrogen (secondary N) is 1. The van der Waals surface area contributed by atoms with Crippen LogP contribution in [-0.4, -0.2) is 14.3 Å². The number of thiol groups is 1. The van der Waals surface area contributed by atoms with Gasteiger partial charge in [-0.25, -0.2) is 0 Å². The van der Waals surface area contributed by atoms with E-state index in [1.165, 1.54) is 38.7 Å². The van der Waals surface area contributed by atoms with E-state index in [0.29, 0.717) is 0 Å². The summed E-state index contributed by atoms with van der Waals surface area (Å²) in [6.45, 7) is 8.37. The first-order chi connectivity index (χ1) is 5.22. The van der Waals surface area contributed by atoms with Gasteiger partial charge in [0, 0.05) is 0 Å². The van der Waals surface area contributed by atoms with Gasteiger partial charge in [0.2, 0.25) is 0 Å². The van der Waals surface area contributed by atoms with Gasteiger partial charge >= 0.3 is 97.0 Å². The van der Waals surface area contributed by atoms with Crippen molar-refractivity contribution in [3.63, 3.8) is 0 Å². The summed E-state index contributed by atoms with van der Waals surface area (Å²) >= 11 is 6.26. The van der Waals surface area contributed by atoms with E-state index in [2.05, 4.69) is 28.6 Å². The molecule has 0 saturated heterocycles.